The molecular formula is C13H23N3OS. The fraction of sp³-hybridized carbons (Fsp3) is 0.615. The number of aryl methyl sites for hydroxylation is 1. The van der Waals surface area contributed by atoms with Crippen LogP contribution in [-0.2, 0) is 0 Å². The van der Waals surface area contributed by atoms with Crippen molar-refractivity contribution < 1.29 is 4.79 Å². The van der Waals surface area contributed by atoms with E-state index in [0.29, 0.717) is 12.2 Å². The SMILES string of the molecule is CCN(C(=O)c1cc(N)c(C)s1)C(C)CN(C)C. The van der Waals surface area contributed by atoms with Gasteiger partial charge in [-0.05, 0) is 40.9 Å². The van der Waals surface area contributed by atoms with E-state index in [1.165, 1.54) is 11.3 Å². The molecule has 1 aromatic heterocycles. The zero-order chi connectivity index (χ0) is 13.9. The van der Waals surface area contributed by atoms with Gasteiger partial charge in [-0.15, -0.1) is 11.3 Å². The van der Waals surface area contributed by atoms with E-state index in [-0.39, 0.29) is 11.9 Å². The molecule has 0 aliphatic carbocycles. The minimum atomic E-state index is 0.0802. The van der Waals surface area contributed by atoms with Crippen LogP contribution in [0.15, 0.2) is 6.07 Å². The summed E-state index contributed by atoms with van der Waals surface area (Å²) in [6.07, 6.45) is 0. The van der Waals surface area contributed by atoms with E-state index in [9.17, 15) is 4.79 Å². The van der Waals surface area contributed by atoms with Crippen molar-refractivity contribution in [1.82, 2.24) is 9.80 Å². The van der Waals surface area contributed by atoms with Gasteiger partial charge in [-0.1, -0.05) is 0 Å². The number of likely N-dealkylation sites (N-methyl/N-ethyl adjacent to an activating group) is 2. The summed E-state index contributed by atoms with van der Waals surface area (Å²) >= 11 is 1.47. The maximum atomic E-state index is 12.4. The van der Waals surface area contributed by atoms with Gasteiger partial charge in [0.15, 0.2) is 0 Å². The molecule has 102 valence electrons. The first-order chi connectivity index (χ1) is 8.36. The van der Waals surface area contributed by atoms with Gasteiger partial charge in [0, 0.05) is 29.7 Å². The molecule has 18 heavy (non-hydrogen) atoms. The summed E-state index contributed by atoms with van der Waals surface area (Å²) in [5.74, 6) is 0.0802. The minimum absolute atomic E-state index is 0.0802. The second-order valence-corrected chi connectivity index (χ2v) is 6.08. The minimum Gasteiger partial charge on any atom is -0.398 e. The Hall–Kier alpha value is -1.07. The molecule has 1 atom stereocenters. The number of thiophene rings is 1. The van der Waals surface area contributed by atoms with Crippen LogP contribution >= 0.6 is 11.3 Å². The van der Waals surface area contributed by atoms with E-state index in [0.717, 1.165) is 16.3 Å². The number of nitrogens with two attached hydrogens (primary N) is 1. The standard InChI is InChI=1S/C13H23N3OS/c1-6-16(9(2)8-15(4)5)13(17)12-7-11(14)10(3)18-12/h7,9H,6,8,14H2,1-5H3. The average Bonchev–Trinajstić information content (AvgIpc) is 2.59. The van der Waals surface area contributed by atoms with Crippen LogP contribution < -0.4 is 5.73 Å². The van der Waals surface area contributed by atoms with Gasteiger partial charge >= 0.3 is 0 Å². The van der Waals surface area contributed by atoms with Crippen LogP contribution in [-0.4, -0.2) is 48.9 Å². The van der Waals surface area contributed by atoms with E-state index >= 15 is 0 Å². The molecule has 0 aliphatic heterocycles. The van der Waals surface area contributed by atoms with Gasteiger partial charge in [-0.3, -0.25) is 4.79 Å². The van der Waals surface area contributed by atoms with Crippen molar-refractivity contribution in [3.8, 4) is 0 Å². The molecule has 1 unspecified atom stereocenters. The molecule has 0 bridgehead atoms. The lowest BCUT2D eigenvalue weighted by atomic mass is 10.2. The summed E-state index contributed by atoms with van der Waals surface area (Å²) in [7, 11) is 4.03. The normalized spacial score (nSPS) is 12.8. The predicted molar refractivity (Wildman–Crippen MR) is 78.2 cm³/mol. The highest BCUT2D eigenvalue weighted by Gasteiger charge is 2.22. The Morgan fingerprint density at radius 3 is 2.50 bits per heavy atom. The molecule has 0 fully saturated rings. The van der Waals surface area contributed by atoms with Crippen LogP contribution in [0, 0.1) is 6.92 Å². The summed E-state index contributed by atoms with van der Waals surface area (Å²) in [5.41, 5.74) is 6.52. The summed E-state index contributed by atoms with van der Waals surface area (Å²) < 4.78 is 0. The summed E-state index contributed by atoms with van der Waals surface area (Å²) in [6.45, 7) is 7.60. The highest BCUT2D eigenvalue weighted by Crippen LogP contribution is 2.25. The Bertz CT molecular complexity index is 395. The number of hydrogen-bond acceptors (Lipinski definition) is 4. The predicted octanol–water partition coefficient (Wildman–Crippen LogP) is 2.05. The lowest BCUT2D eigenvalue weighted by Crippen LogP contribution is -2.43. The van der Waals surface area contributed by atoms with Crippen molar-refractivity contribution >= 4 is 22.9 Å². The van der Waals surface area contributed by atoms with Crippen LogP contribution in [0.4, 0.5) is 5.69 Å². The van der Waals surface area contributed by atoms with Gasteiger partial charge in [-0.25, -0.2) is 0 Å². The molecule has 2 N–H and O–H groups in total. The Morgan fingerprint density at radius 2 is 2.11 bits per heavy atom. The number of nitrogen functional groups attached to an aromatic ring is 1. The first kappa shape index (κ1) is 15.0. The van der Waals surface area contributed by atoms with Gasteiger partial charge in [0.05, 0.1) is 4.88 Å². The molecule has 1 amide bonds. The highest BCUT2D eigenvalue weighted by molar-refractivity contribution is 7.14. The van der Waals surface area contributed by atoms with Crippen LogP contribution in [0.25, 0.3) is 0 Å². The average molecular weight is 269 g/mol. The van der Waals surface area contributed by atoms with Crippen LogP contribution in [0.3, 0.4) is 0 Å². The van der Waals surface area contributed by atoms with Crippen molar-refractivity contribution in [2.24, 2.45) is 0 Å². The Morgan fingerprint density at radius 1 is 1.50 bits per heavy atom. The molecule has 0 spiro atoms. The molecule has 1 aromatic rings. The molecule has 1 rings (SSSR count). The number of carbonyl (C=O) groups excluding carboxylic acids is 1. The Kier molecular flexibility index (Phi) is 5.16. The summed E-state index contributed by atoms with van der Waals surface area (Å²) in [4.78, 5) is 18.2. The quantitative estimate of drug-likeness (QED) is 0.890. The van der Waals surface area contributed by atoms with E-state index < -0.39 is 0 Å². The van der Waals surface area contributed by atoms with E-state index in [2.05, 4.69) is 11.8 Å². The molecule has 1 heterocycles. The molecule has 5 heteroatoms. The van der Waals surface area contributed by atoms with Gasteiger partial charge in [0.1, 0.15) is 0 Å². The zero-order valence-electron chi connectivity index (χ0n) is 11.9. The van der Waals surface area contributed by atoms with Gasteiger partial charge in [0.2, 0.25) is 0 Å². The van der Waals surface area contributed by atoms with E-state index in [4.69, 9.17) is 5.73 Å². The van der Waals surface area contributed by atoms with Crippen molar-refractivity contribution in [3.05, 3.63) is 15.8 Å². The second kappa shape index (κ2) is 6.20. The highest BCUT2D eigenvalue weighted by atomic mass is 32.1. The fourth-order valence-electron chi connectivity index (χ4n) is 2.03. The summed E-state index contributed by atoms with van der Waals surface area (Å²) in [6, 6.07) is 1.98. The van der Waals surface area contributed by atoms with Crippen LogP contribution in [0.5, 0.6) is 0 Å². The third kappa shape index (κ3) is 3.46. The molecular weight excluding hydrogens is 246 g/mol. The maximum absolute atomic E-state index is 12.4. The fourth-order valence-corrected chi connectivity index (χ4v) is 2.92. The first-order valence-electron chi connectivity index (χ1n) is 6.18. The number of amides is 1. The van der Waals surface area contributed by atoms with Crippen molar-refractivity contribution in [1.29, 1.82) is 0 Å². The molecule has 0 saturated heterocycles. The number of anilines is 1. The largest absolute Gasteiger partial charge is 0.398 e. The van der Waals surface area contributed by atoms with E-state index in [1.54, 1.807) is 6.07 Å². The second-order valence-electron chi connectivity index (χ2n) is 4.82. The molecule has 0 saturated carbocycles. The number of rotatable bonds is 5. The Balaban J connectivity index is 2.85. The number of carbonyl (C=O) groups is 1. The lowest BCUT2D eigenvalue weighted by Gasteiger charge is -2.29. The molecule has 0 aliphatic rings. The van der Waals surface area contributed by atoms with Crippen molar-refractivity contribution in [2.75, 3.05) is 32.9 Å². The van der Waals surface area contributed by atoms with Gasteiger partial charge in [-0.2, -0.15) is 0 Å². The van der Waals surface area contributed by atoms with Crippen LogP contribution in [0.1, 0.15) is 28.4 Å². The summed E-state index contributed by atoms with van der Waals surface area (Å²) in [5, 5.41) is 0. The lowest BCUT2D eigenvalue weighted by molar-refractivity contribution is 0.0684. The van der Waals surface area contributed by atoms with Crippen LogP contribution in [0.2, 0.25) is 0 Å². The topological polar surface area (TPSA) is 49.6 Å². The molecule has 0 aromatic carbocycles. The van der Waals surface area contributed by atoms with Gasteiger partial charge in [0.25, 0.3) is 5.91 Å². The molecule has 4 nitrogen and oxygen atoms in total. The van der Waals surface area contributed by atoms with Gasteiger partial charge < -0.3 is 15.5 Å². The first-order valence-corrected chi connectivity index (χ1v) is 7.00. The van der Waals surface area contributed by atoms with Crippen molar-refractivity contribution in [2.45, 2.75) is 26.8 Å². The Labute approximate surface area is 113 Å². The smallest absolute Gasteiger partial charge is 0.264 e. The number of nitrogens with zero attached hydrogens (tertiary/aromatic N) is 2. The maximum Gasteiger partial charge on any atom is 0.264 e. The number of hydrogen-bond donors (Lipinski definition) is 1. The third-order valence-corrected chi connectivity index (χ3v) is 3.98. The molecule has 0 radical (unpaired) electrons. The van der Waals surface area contributed by atoms with Crippen molar-refractivity contribution in [3.63, 3.8) is 0 Å². The zero-order valence-corrected chi connectivity index (χ0v) is 12.7. The monoisotopic (exact) mass is 269 g/mol. The third-order valence-electron chi connectivity index (χ3n) is 2.93. The van der Waals surface area contributed by atoms with E-state index in [1.807, 2.05) is 32.8 Å².